The summed E-state index contributed by atoms with van der Waals surface area (Å²) in [5, 5.41) is 5.81. The van der Waals surface area contributed by atoms with Crippen LogP contribution in [0.3, 0.4) is 0 Å². The first-order chi connectivity index (χ1) is 11.3. The zero-order chi connectivity index (χ0) is 15.4. The summed E-state index contributed by atoms with van der Waals surface area (Å²) in [7, 11) is 0. The van der Waals surface area contributed by atoms with Gasteiger partial charge in [0.05, 0.1) is 20.6 Å². The summed E-state index contributed by atoms with van der Waals surface area (Å²) in [5.41, 5.74) is 3.56. The average Bonchev–Trinajstić information content (AvgIpc) is 3.19. The van der Waals surface area contributed by atoms with Crippen LogP contribution in [-0.2, 0) is 12.8 Å². The monoisotopic (exact) mass is 338 g/mol. The fraction of sp³-hybridized carbons (Fsp3) is 0.235. The van der Waals surface area contributed by atoms with Crippen LogP contribution in [0.15, 0.2) is 24.5 Å². The van der Waals surface area contributed by atoms with Gasteiger partial charge in [0.1, 0.15) is 17.0 Å². The van der Waals surface area contributed by atoms with E-state index in [-0.39, 0.29) is 0 Å². The number of aromatic nitrogens is 3. The van der Waals surface area contributed by atoms with Crippen molar-refractivity contribution in [1.82, 2.24) is 15.0 Å². The van der Waals surface area contributed by atoms with Crippen LogP contribution >= 0.6 is 22.7 Å². The molecular formula is C17H14N4S2. The maximum absolute atomic E-state index is 4.52. The second kappa shape index (κ2) is 4.97. The number of anilines is 2. The van der Waals surface area contributed by atoms with E-state index in [2.05, 4.69) is 38.5 Å². The largest absolute Gasteiger partial charge is 0.340 e. The first kappa shape index (κ1) is 13.4. The van der Waals surface area contributed by atoms with Crippen LogP contribution in [-0.4, -0.2) is 15.0 Å². The number of rotatable bonds is 2. The van der Waals surface area contributed by atoms with E-state index >= 15 is 0 Å². The molecule has 3 aromatic heterocycles. The summed E-state index contributed by atoms with van der Waals surface area (Å²) in [6, 6.07) is 6.29. The SMILES string of the molecule is Cc1nc2ccc(Nc3ncnc4sc5c(c34)CCC5)cc2s1. The summed E-state index contributed by atoms with van der Waals surface area (Å²) in [6.45, 7) is 2.04. The van der Waals surface area contributed by atoms with Crippen LogP contribution < -0.4 is 5.32 Å². The van der Waals surface area contributed by atoms with Crippen molar-refractivity contribution in [1.29, 1.82) is 0 Å². The highest BCUT2D eigenvalue weighted by atomic mass is 32.1. The Labute approximate surface area is 141 Å². The molecule has 0 fully saturated rings. The zero-order valence-electron chi connectivity index (χ0n) is 12.6. The summed E-state index contributed by atoms with van der Waals surface area (Å²) in [4.78, 5) is 16.1. The summed E-state index contributed by atoms with van der Waals surface area (Å²) < 4.78 is 1.20. The molecule has 0 radical (unpaired) electrons. The molecule has 1 aliphatic rings. The zero-order valence-corrected chi connectivity index (χ0v) is 14.2. The van der Waals surface area contributed by atoms with E-state index in [1.165, 1.54) is 33.4 Å². The molecule has 3 heterocycles. The van der Waals surface area contributed by atoms with Crippen LogP contribution in [0.5, 0.6) is 0 Å². The van der Waals surface area contributed by atoms with E-state index in [1.54, 1.807) is 17.7 Å². The van der Waals surface area contributed by atoms with Gasteiger partial charge in [0.25, 0.3) is 0 Å². The second-order valence-electron chi connectivity index (χ2n) is 5.80. The van der Waals surface area contributed by atoms with Crippen LogP contribution in [0.2, 0.25) is 0 Å². The number of thiazole rings is 1. The minimum atomic E-state index is 0.926. The van der Waals surface area contributed by atoms with Crippen molar-refractivity contribution in [2.75, 3.05) is 5.32 Å². The molecule has 0 atom stereocenters. The third-order valence-corrected chi connectivity index (χ3v) is 6.39. The fourth-order valence-electron chi connectivity index (χ4n) is 3.28. The number of aryl methyl sites for hydroxylation is 3. The van der Waals surface area contributed by atoms with Gasteiger partial charge in [-0.3, -0.25) is 0 Å². The topological polar surface area (TPSA) is 50.7 Å². The molecule has 0 saturated heterocycles. The predicted molar refractivity (Wildman–Crippen MR) is 97.1 cm³/mol. The highest BCUT2D eigenvalue weighted by Crippen LogP contribution is 2.40. The number of fused-ring (bicyclic) bond motifs is 4. The Morgan fingerprint density at radius 3 is 3.04 bits per heavy atom. The minimum Gasteiger partial charge on any atom is -0.340 e. The molecule has 4 nitrogen and oxygen atoms in total. The van der Waals surface area contributed by atoms with Crippen LogP contribution in [0.4, 0.5) is 11.5 Å². The molecule has 0 spiro atoms. The molecule has 4 aromatic rings. The third kappa shape index (κ3) is 2.13. The Morgan fingerprint density at radius 2 is 2.09 bits per heavy atom. The lowest BCUT2D eigenvalue weighted by Gasteiger charge is -2.07. The average molecular weight is 338 g/mol. The summed E-state index contributed by atoms with van der Waals surface area (Å²) in [6.07, 6.45) is 5.23. The van der Waals surface area contributed by atoms with Gasteiger partial charge in [0.15, 0.2) is 0 Å². The van der Waals surface area contributed by atoms with Gasteiger partial charge in [-0.25, -0.2) is 15.0 Å². The van der Waals surface area contributed by atoms with E-state index < -0.39 is 0 Å². The molecule has 0 amide bonds. The number of thiophene rings is 1. The van der Waals surface area contributed by atoms with E-state index in [9.17, 15) is 0 Å². The van der Waals surface area contributed by atoms with E-state index in [4.69, 9.17) is 0 Å². The lowest BCUT2D eigenvalue weighted by Crippen LogP contribution is -1.96. The van der Waals surface area contributed by atoms with Crippen molar-refractivity contribution in [3.8, 4) is 0 Å². The van der Waals surface area contributed by atoms with Crippen molar-refractivity contribution in [3.63, 3.8) is 0 Å². The Balaban J connectivity index is 1.62. The van der Waals surface area contributed by atoms with Gasteiger partial charge in [-0.2, -0.15) is 0 Å². The first-order valence-corrected chi connectivity index (χ1v) is 9.31. The van der Waals surface area contributed by atoms with Crippen LogP contribution in [0.25, 0.3) is 20.4 Å². The molecule has 0 bridgehead atoms. The molecule has 0 saturated carbocycles. The van der Waals surface area contributed by atoms with Crippen molar-refractivity contribution in [3.05, 3.63) is 40.0 Å². The van der Waals surface area contributed by atoms with Crippen LogP contribution in [0.1, 0.15) is 21.9 Å². The Hall–Kier alpha value is -2.05. The Morgan fingerprint density at radius 1 is 1.13 bits per heavy atom. The van der Waals surface area contributed by atoms with Gasteiger partial charge in [-0.1, -0.05) is 0 Å². The molecular weight excluding hydrogens is 324 g/mol. The van der Waals surface area contributed by atoms with Crippen LogP contribution in [0, 0.1) is 6.92 Å². The molecule has 1 aromatic carbocycles. The van der Waals surface area contributed by atoms with Crippen molar-refractivity contribution in [2.24, 2.45) is 0 Å². The van der Waals surface area contributed by atoms with Gasteiger partial charge >= 0.3 is 0 Å². The second-order valence-corrected chi connectivity index (χ2v) is 8.12. The number of nitrogens with zero attached hydrogens (tertiary/aromatic N) is 3. The molecule has 5 rings (SSSR count). The van der Waals surface area contributed by atoms with Crippen molar-refractivity contribution < 1.29 is 0 Å². The lowest BCUT2D eigenvalue weighted by molar-refractivity contribution is 0.917. The third-order valence-electron chi connectivity index (χ3n) is 4.26. The number of hydrogen-bond donors (Lipinski definition) is 1. The van der Waals surface area contributed by atoms with Crippen molar-refractivity contribution in [2.45, 2.75) is 26.2 Å². The molecule has 0 unspecified atom stereocenters. The Kier molecular flexibility index (Phi) is 2.90. The van der Waals surface area contributed by atoms with E-state index in [1.807, 2.05) is 18.3 Å². The van der Waals surface area contributed by atoms with Gasteiger partial charge in [0.2, 0.25) is 0 Å². The fourth-order valence-corrected chi connectivity index (χ4v) is 5.37. The molecule has 1 aliphatic carbocycles. The number of nitrogens with one attached hydrogen (secondary N) is 1. The first-order valence-electron chi connectivity index (χ1n) is 7.67. The highest BCUT2D eigenvalue weighted by Gasteiger charge is 2.21. The van der Waals surface area contributed by atoms with Gasteiger partial charge < -0.3 is 5.32 Å². The molecule has 114 valence electrons. The van der Waals surface area contributed by atoms with E-state index in [0.717, 1.165) is 33.3 Å². The molecule has 6 heteroatoms. The quantitative estimate of drug-likeness (QED) is 0.568. The normalized spacial score (nSPS) is 13.8. The molecule has 1 N–H and O–H groups in total. The van der Waals surface area contributed by atoms with Gasteiger partial charge in [-0.15, -0.1) is 22.7 Å². The number of benzene rings is 1. The molecule has 0 aliphatic heterocycles. The lowest BCUT2D eigenvalue weighted by atomic mass is 10.2. The maximum atomic E-state index is 4.52. The maximum Gasteiger partial charge on any atom is 0.142 e. The smallest absolute Gasteiger partial charge is 0.142 e. The van der Waals surface area contributed by atoms with Crippen molar-refractivity contribution >= 4 is 54.6 Å². The highest BCUT2D eigenvalue weighted by molar-refractivity contribution is 7.19. The number of hydrogen-bond acceptors (Lipinski definition) is 6. The standard InChI is InChI=1S/C17H14N4S2/c1-9-20-12-6-5-10(7-14(12)22-9)21-16-15-11-3-2-4-13(11)23-17(15)19-8-18-16/h5-8H,2-4H2,1H3,(H,18,19,21). The predicted octanol–water partition coefficient (Wildman–Crippen LogP) is 4.84. The van der Waals surface area contributed by atoms with Gasteiger partial charge in [0, 0.05) is 10.6 Å². The summed E-state index contributed by atoms with van der Waals surface area (Å²) >= 11 is 3.54. The minimum absolute atomic E-state index is 0.926. The Bertz CT molecular complexity index is 1050. The van der Waals surface area contributed by atoms with Gasteiger partial charge in [-0.05, 0) is 49.9 Å². The molecule has 23 heavy (non-hydrogen) atoms. The summed E-state index contributed by atoms with van der Waals surface area (Å²) in [5.74, 6) is 0.926. The van der Waals surface area contributed by atoms with E-state index in [0.29, 0.717) is 0 Å².